The SMILES string of the molecule is O=C(CCc1ncc(-c2ccc(F)cc2F)o1)Nc1ccc2c(c1)CCC2. The summed E-state index contributed by atoms with van der Waals surface area (Å²) in [5.41, 5.74) is 3.58. The highest BCUT2D eigenvalue weighted by Crippen LogP contribution is 2.26. The van der Waals surface area contributed by atoms with Crippen LogP contribution >= 0.6 is 0 Å². The first-order valence-electron chi connectivity index (χ1n) is 8.90. The lowest BCUT2D eigenvalue weighted by Gasteiger charge is -2.07. The van der Waals surface area contributed by atoms with Crippen LogP contribution in [0.1, 0.15) is 29.9 Å². The number of aromatic nitrogens is 1. The number of anilines is 1. The van der Waals surface area contributed by atoms with E-state index < -0.39 is 11.6 Å². The van der Waals surface area contributed by atoms with Crippen LogP contribution in [0.4, 0.5) is 14.5 Å². The van der Waals surface area contributed by atoms with E-state index in [0.717, 1.165) is 37.1 Å². The molecule has 0 radical (unpaired) electrons. The molecule has 0 saturated carbocycles. The number of aryl methyl sites for hydroxylation is 3. The molecule has 1 aliphatic carbocycles. The topological polar surface area (TPSA) is 55.1 Å². The molecule has 2 aromatic carbocycles. The summed E-state index contributed by atoms with van der Waals surface area (Å²) in [7, 11) is 0. The minimum atomic E-state index is -0.716. The van der Waals surface area contributed by atoms with E-state index in [2.05, 4.69) is 16.4 Å². The highest BCUT2D eigenvalue weighted by Gasteiger charge is 2.14. The number of nitrogens with one attached hydrogen (secondary N) is 1. The number of carbonyl (C=O) groups excluding carboxylic acids is 1. The number of amides is 1. The van der Waals surface area contributed by atoms with E-state index >= 15 is 0 Å². The summed E-state index contributed by atoms with van der Waals surface area (Å²) in [5, 5.41) is 2.89. The van der Waals surface area contributed by atoms with Gasteiger partial charge in [0.05, 0.1) is 11.8 Å². The molecule has 0 saturated heterocycles. The van der Waals surface area contributed by atoms with Gasteiger partial charge < -0.3 is 9.73 Å². The van der Waals surface area contributed by atoms with E-state index in [-0.39, 0.29) is 23.7 Å². The molecule has 1 aromatic heterocycles. The van der Waals surface area contributed by atoms with Gasteiger partial charge in [-0.25, -0.2) is 13.8 Å². The summed E-state index contributed by atoms with van der Waals surface area (Å²) in [6.07, 6.45) is 5.18. The van der Waals surface area contributed by atoms with Crippen molar-refractivity contribution < 1.29 is 18.0 Å². The second-order valence-electron chi connectivity index (χ2n) is 6.63. The predicted molar refractivity (Wildman–Crippen MR) is 97.3 cm³/mol. The van der Waals surface area contributed by atoms with Crippen LogP contribution in [0.3, 0.4) is 0 Å². The van der Waals surface area contributed by atoms with Crippen LogP contribution in [-0.2, 0) is 24.1 Å². The summed E-state index contributed by atoms with van der Waals surface area (Å²) in [4.78, 5) is 16.2. The highest BCUT2D eigenvalue weighted by molar-refractivity contribution is 5.90. The monoisotopic (exact) mass is 368 g/mol. The summed E-state index contributed by atoms with van der Waals surface area (Å²) in [6.45, 7) is 0. The van der Waals surface area contributed by atoms with Crippen molar-refractivity contribution in [3.8, 4) is 11.3 Å². The predicted octanol–water partition coefficient (Wildman–Crippen LogP) is 4.68. The minimum Gasteiger partial charge on any atom is -0.441 e. The van der Waals surface area contributed by atoms with Crippen LogP contribution < -0.4 is 5.32 Å². The molecule has 1 N–H and O–H groups in total. The second kappa shape index (κ2) is 7.31. The Morgan fingerprint density at radius 1 is 1.11 bits per heavy atom. The summed E-state index contributed by atoms with van der Waals surface area (Å²) < 4.78 is 32.3. The summed E-state index contributed by atoms with van der Waals surface area (Å²) in [5.74, 6) is -0.966. The van der Waals surface area contributed by atoms with Gasteiger partial charge in [-0.2, -0.15) is 0 Å². The Morgan fingerprint density at radius 2 is 1.96 bits per heavy atom. The number of halogens is 2. The first kappa shape index (κ1) is 17.4. The van der Waals surface area contributed by atoms with Crippen molar-refractivity contribution in [1.82, 2.24) is 4.98 Å². The smallest absolute Gasteiger partial charge is 0.224 e. The summed E-state index contributed by atoms with van der Waals surface area (Å²) >= 11 is 0. The van der Waals surface area contributed by atoms with Crippen molar-refractivity contribution in [2.45, 2.75) is 32.1 Å². The lowest BCUT2D eigenvalue weighted by molar-refractivity contribution is -0.116. The Balaban J connectivity index is 1.36. The van der Waals surface area contributed by atoms with Gasteiger partial charge in [0.25, 0.3) is 0 Å². The van der Waals surface area contributed by atoms with Crippen LogP contribution in [0.25, 0.3) is 11.3 Å². The lowest BCUT2D eigenvalue weighted by Crippen LogP contribution is -2.12. The van der Waals surface area contributed by atoms with Gasteiger partial charge in [0.1, 0.15) is 11.6 Å². The number of rotatable bonds is 5. The van der Waals surface area contributed by atoms with Crippen molar-refractivity contribution in [3.05, 3.63) is 71.2 Å². The number of benzene rings is 2. The molecule has 3 aromatic rings. The normalized spacial score (nSPS) is 12.8. The Labute approximate surface area is 155 Å². The van der Waals surface area contributed by atoms with Crippen molar-refractivity contribution in [2.24, 2.45) is 0 Å². The Morgan fingerprint density at radius 3 is 2.81 bits per heavy atom. The molecule has 27 heavy (non-hydrogen) atoms. The number of hydrogen-bond acceptors (Lipinski definition) is 3. The number of oxazole rings is 1. The van der Waals surface area contributed by atoms with Crippen LogP contribution in [0, 0.1) is 11.6 Å². The fourth-order valence-electron chi connectivity index (χ4n) is 3.33. The minimum absolute atomic E-state index is 0.137. The molecule has 138 valence electrons. The van der Waals surface area contributed by atoms with E-state index in [9.17, 15) is 13.6 Å². The first-order chi connectivity index (χ1) is 13.1. The molecule has 1 heterocycles. The van der Waals surface area contributed by atoms with Gasteiger partial charge >= 0.3 is 0 Å². The molecule has 4 rings (SSSR count). The van der Waals surface area contributed by atoms with Crippen molar-refractivity contribution >= 4 is 11.6 Å². The van der Waals surface area contributed by atoms with Gasteiger partial charge in [-0.05, 0) is 54.7 Å². The molecule has 0 atom stereocenters. The second-order valence-corrected chi connectivity index (χ2v) is 6.63. The van der Waals surface area contributed by atoms with Gasteiger partial charge in [0, 0.05) is 24.6 Å². The Bertz CT molecular complexity index is 998. The van der Waals surface area contributed by atoms with Crippen molar-refractivity contribution in [1.29, 1.82) is 0 Å². The van der Waals surface area contributed by atoms with Crippen LogP contribution in [-0.4, -0.2) is 10.9 Å². The fourth-order valence-corrected chi connectivity index (χ4v) is 3.33. The maximum Gasteiger partial charge on any atom is 0.224 e. The molecule has 4 nitrogen and oxygen atoms in total. The fraction of sp³-hybridized carbons (Fsp3) is 0.238. The molecular formula is C21H18F2N2O2. The zero-order valence-corrected chi connectivity index (χ0v) is 14.6. The van der Waals surface area contributed by atoms with Crippen LogP contribution in [0.2, 0.25) is 0 Å². The zero-order chi connectivity index (χ0) is 18.8. The standard InChI is InChI=1S/C21H18F2N2O2/c22-15-5-7-17(18(23)11-15)19-12-24-21(27-19)9-8-20(26)25-16-6-4-13-2-1-3-14(13)10-16/h4-7,10-12H,1-3,8-9H2,(H,25,26). The molecule has 0 aliphatic heterocycles. The third kappa shape index (κ3) is 3.89. The van der Waals surface area contributed by atoms with E-state index in [1.807, 2.05) is 12.1 Å². The molecular weight excluding hydrogens is 350 g/mol. The molecule has 0 fully saturated rings. The maximum absolute atomic E-state index is 13.8. The third-order valence-electron chi connectivity index (χ3n) is 4.70. The Hall–Kier alpha value is -3.02. The molecule has 1 amide bonds. The molecule has 6 heteroatoms. The highest BCUT2D eigenvalue weighted by atomic mass is 19.1. The van der Waals surface area contributed by atoms with Crippen molar-refractivity contribution in [3.63, 3.8) is 0 Å². The zero-order valence-electron chi connectivity index (χ0n) is 14.6. The van der Waals surface area contributed by atoms with Gasteiger partial charge in [-0.15, -0.1) is 0 Å². The number of carbonyl (C=O) groups is 1. The molecule has 0 spiro atoms. The number of fused-ring (bicyclic) bond motifs is 1. The van der Waals surface area contributed by atoms with E-state index in [1.165, 1.54) is 23.4 Å². The molecule has 0 unspecified atom stereocenters. The van der Waals surface area contributed by atoms with Crippen molar-refractivity contribution in [2.75, 3.05) is 5.32 Å². The van der Waals surface area contributed by atoms with Crippen LogP contribution in [0.5, 0.6) is 0 Å². The third-order valence-corrected chi connectivity index (χ3v) is 4.70. The quantitative estimate of drug-likeness (QED) is 0.711. The number of nitrogens with zero attached hydrogens (tertiary/aromatic N) is 1. The van der Waals surface area contributed by atoms with Gasteiger partial charge in [-0.1, -0.05) is 6.07 Å². The summed E-state index contributed by atoms with van der Waals surface area (Å²) in [6, 6.07) is 9.26. The molecule has 0 bridgehead atoms. The van der Waals surface area contributed by atoms with E-state index in [0.29, 0.717) is 12.3 Å². The average molecular weight is 368 g/mol. The van der Waals surface area contributed by atoms with E-state index in [1.54, 1.807) is 0 Å². The van der Waals surface area contributed by atoms with Gasteiger partial charge in [0.2, 0.25) is 5.91 Å². The average Bonchev–Trinajstić information content (AvgIpc) is 3.28. The van der Waals surface area contributed by atoms with Gasteiger partial charge in [-0.3, -0.25) is 4.79 Å². The maximum atomic E-state index is 13.8. The first-order valence-corrected chi connectivity index (χ1v) is 8.90. The number of hydrogen-bond donors (Lipinski definition) is 1. The lowest BCUT2D eigenvalue weighted by atomic mass is 10.1. The Kier molecular flexibility index (Phi) is 4.71. The van der Waals surface area contributed by atoms with E-state index in [4.69, 9.17) is 4.42 Å². The van der Waals surface area contributed by atoms with Gasteiger partial charge in [0.15, 0.2) is 11.7 Å². The largest absolute Gasteiger partial charge is 0.441 e. The molecule has 1 aliphatic rings. The van der Waals surface area contributed by atoms with Crippen LogP contribution in [0.15, 0.2) is 47.0 Å².